The van der Waals surface area contributed by atoms with E-state index in [0.717, 1.165) is 5.56 Å². The molecule has 7 heteroatoms. The van der Waals surface area contributed by atoms with Crippen molar-refractivity contribution in [3.63, 3.8) is 0 Å². The number of hydrogen-bond acceptors (Lipinski definition) is 4. The van der Waals surface area contributed by atoms with Crippen molar-refractivity contribution < 1.29 is 19.1 Å². The summed E-state index contributed by atoms with van der Waals surface area (Å²) in [5, 5.41) is 3.54. The van der Waals surface area contributed by atoms with Gasteiger partial charge in [0.05, 0.1) is 7.11 Å². The molecule has 1 aliphatic heterocycles. The number of nitrogens with one attached hydrogen (secondary N) is 1. The van der Waals surface area contributed by atoms with Gasteiger partial charge >= 0.3 is 6.09 Å². The summed E-state index contributed by atoms with van der Waals surface area (Å²) in [6.45, 7) is 6.96. The fourth-order valence-corrected chi connectivity index (χ4v) is 3.00. The lowest BCUT2D eigenvalue weighted by molar-refractivity contribution is -0.126. The monoisotopic (exact) mass is 382 g/mol. The van der Waals surface area contributed by atoms with E-state index in [2.05, 4.69) is 5.32 Å². The van der Waals surface area contributed by atoms with Gasteiger partial charge in [-0.05, 0) is 45.7 Å². The zero-order chi connectivity index (χ0) is 19.3. The lowest BCUT2D eigenvalue weighted by Crippen LogP contribution is -2.44. The Balaban J connectivity index is 1.82. The average molecular weight is 383 g/mol. The first-order valence-corrected chi connectivity index (χ1v) is 9.15. The average Bonchev–Trinajstić information content (AvgIpc) is 2.59. The van der Waals surface area contributed by atoms with Crippen molar-refractivity contribution in [1.82, 2.24) is 10.2 Å². The zero-order valence-electron chi connectivity index (χ0n) is 15.8. The topological polar surface area (TPSA) is 67.9 Å². The van der Waals surface area contributed by atoms with Crippen molar-refractivity contribution in [3.8, 4) is 5.75 Å². The van der Waals surface area contributed by atoms with Crippen molar-refractivity contribution in [3.05, 3.63) is 28.8 Å². The van der Waals surface area contributed by atoms with E-state index in [1.807, 2.05) is 26.8 Å². The Morgan fingerprint density at radius 2 is 1.92 bits per heavy atom. The van der Waals surface area contributed by atoms with E-state index in [0.29, 0.717) is 43.2 Å². The predicted octanol–water partition coefficient (Wildman–Crippen LogP) is 3.61. The fraction of sp³-hybridized carbons (Fsp3) is 0.579. The number of piperidine rings is 1. The van der Waals surface area contributed by atoms with E-state index in [1.165, 1.54) is 0 Å². The van der Waals surface area contributed by atoms with E-state index in [-0.39, 0.29) is 17.9 Å². The van der Waals surface area contributed by atoms with Crippen LogP contribution in [0.5, 0.6) is 5.75 Å². The van der Waals surface area contributed by atoms with Crippen LogP contribution in [0.4, 0.5) is 4.79 Å². The highest BCUT2D eigenvalue weighted by Gasteiger charge is 2.29. The number of carbonyl (C=O) groups excluding carboxylic acids is 2. The number of carbonyl (C=O) groups is 2. The smallest absolute Gasteiger partial charge is 0.410 e. The molecule has 1 saturated heterocycles. The second kappa shape index (κ2) is 8.62. The van der Waals surface area contributed by atoms with Gasteiger partial charge in [-0.3, -0.25) is 4.79 Å². The molecule has 1 heterocycles. The number of rotatable bonds is 4. The van der Waals surface area contributed by atoms with Crippen LogP contribution in [0.1, 0.15) is 39.2 Å². The second-order valence-corrected chi connectivity index (χ2v) is 7.85. The fourth-order valence-electron chi connectivity index (χ4n) is 2.84. The number of hydrogen-bond donors (Lipinski definition) is 1. The first-order valence-electron chi connectivity index (χ1n) is 8.77. The Labute approximate surface area is 159 Å². The molecular weight excluding hydrogens is 356 g/mol. The van der Waals surface area contributed by atoms with E-state index >= 15 is 0 Å². The van der Waals surface area contributed by atoms with Crippen molar-refractivity contribution in [2.24, 2.45) is 5.92 Å². The second-order valence-electron chi connectivity index (χ2n) is 7.42. The Bertz CT molecular complexity index is 649. The number of ether oxygens (including phenoxy) is 2. The molecule has 0 atom stereocenters. The van der Waals surface area contributed by atoms with E-state index in [9.17, 15) is 9.59 Å². The molecule has 0 unspecified atom stereocenters. The largest absolute Gasteiger partial charge is 0.496 e. The molecule has 1 aromatic carbocycles. The minimum absolute atomic E-state index is 0.00848. The Morgan fingerprint density at radius 3 is 2.50 bits per heavy atom. The summed E-state index contributed by atoms with van der Waals surface area (Å²) in [4.78, 5) is 26.2. The highest BCUT2D eigenvalue weighted by atomic mass is 35.5. The maximum Gasteiger partial charge on any atom is 0.410 e. The van der Waals surface area contributed by atoms with Crippen LogP contribution in [0.3, 0.4) is 0 Å². The Kier molecular flexibility index (Phi) is 6.75. The third kappa shape index (κ3) is 5.80. The molecular formula is C19H27ClN2O4. The van der Waals surface area contributed by atoms with Gasteiger partial charge in [0.2, 0.25) is 5.91 Å². The van der Waals surface area contributed by atoms with E-state index in [1.54, 1.807) is 24.1 Å². The first kappa shape index (κ1) is 20.4. The van der Waals surface area contributed by atoms with E-state index < -0.39 is 5.60 Å². The van der Waals surface area contributed by atoms with Gasteiger partial charge in [0.15, 0.2) is 0 Å². The molecule has 1 aromatic rings. The lowest BCUT2D eigenvalue weighted by Gasteiger charge is -2.33. The van der Waals surface area contributed by atoms with Crippen LogP contribution < -0.4 is 10.1 Å². The van der Waals surface area contributed by atoms with Crippen LogP contribution in [-0.2, 0) is 16.1 Å². The molecule has 0 aromatic heterocycles. The number of likely N-dealkylation sites (tertiary alicyclic amines) is 1. The van der Waals surface area contributed by atoms with Crippen molar-refractivity contribution in [2.75, 3.05) is 20.2 Å². The maximum atomic E-state index is 12.4. The van der Waals surface area contributed by atoms with Gasteiger partial charge < -0.3 is 19.7 Å². The number of amides is 2. The van der Waals surface area contributed by atoms with Crippen LogP contribution in [0.15, 0.2) is 18.2 Å². The summed E-state index contributed by atoms with van der Waals surface area (Å²) in [7, 11) is 1.57. The van der Waals surface area contributed by atoms with Crippen LogP contribution >= 0.6 is 11.6 Å². The van der Waals surface area contributed by atoms with Gasteiger partial charge in [0.1, 0.15) is 11.4 Å². The van der Waals surface area contributed by atoms with Crippen molar-refractivity contribution >= 4 is 23.6 Å². The molecule has 1 aliphatic rings. The third-order valence-corrected chi connectivity index (χ3v) is 4.45. The molecule has 2 amide bonds. The van der Waals surface area contributed by atoms with Crippen molar-refractivity contribution in [1.29, 1.82) is 0 Å². The molecule has 0 saturated carbocycles. The zero-order valence-corrected chi connectivity index (χ0v) is 16.6. The van der Waals surface area contributed by atoms with E-state index in [4.69, 9.17) is 21.1 Å². The summed E-state index contributed by atoms with van der Waals surface area (Å²) in [5.41, 5.74) is 0.361. The quantitative estimate of drug-likeness (QED) is 0.863. The van der Waals surface area contributed by atoms with Gasteiger partial charge in [0.25, 0.3) is 0 Å². The maximum absolute atomic E-state index is 12.4. The molecule has 1 fully saturated rings. The number of methoxy groups -OCH3 is 1. The molecule has 0 radical (unpaired) electrons. The van der Waals surface area contributed by atoms with Gasteiger partial charge in [-0.15, -0.1) is 0 Å². The molecule has 0 bridgehead atoms. The standard InChI is InChI=1S/C19H27ClN2O4/c1-19(2,3)26-18(24)22-9-7-13(8-10-22)17(23)21-12-14-5-6-15(20)11-16(14)25-4/h5-6,11,13H,7-10,12H2,1-4H3,(H,21,23). The Morgan fingerprint density at radius 1 is 1.27 bits per heavy atom. The third-order valence-electron chi connectivity index (χ3n) is 4.22. The minimum Gasteiger partial charge on any atom is -0.496 e. The van der Waals surface area contributed by atoms with Gasteiger partial charge in [0, 0.05) is 36.1 Å². The van der Waals surface area contributed by atoms with Gasteiger partial charge in [-0.2, -0.15) is 0 Å². The molecule has 0 spiro atoms. The highest BCUT2D eigenvalue weighted by Crippen LogP contribution is 2.24. The summed E-state index contributed by atoms with van der Waals surface area (Å²) >= 11 is 5.95. The lowest BCUT2D eigenvalue weighted by atomic mass is 9.96. The predicted molar refractivity (Wildman–Crippen MR) is 100 cm³/mol. The normalized spacial score (nSPS) is 15.5. The summed E-state index contributed by atoms with van der Waals surface area (Å²) < 4.78 is 10.7. The molecule has 2 rings (SSSR count). The van der Waals surface area contributed by atoms with Gasteiger partial charge in [-0.1, -0.05) is 17.7 Å². The summed E-state index contributed by atoms with van der Waals surface area (Å²) in [6.07, 6.45) is 0.938. The molecule has 6 nitrogen and oxygen atoms in total. The molecule has 144 valence electrons. The van der Waals surface area contributed by atoms with Gasteiger partial charge in [-0.25, -0.2) is 4.79 Å². The summed E-state index contributed by atoms with van der Waals surface area (Å²) in [5.74, 6) is 0.537. The first-order chi connectivity index (χ1) is 12.2. The SMILES string of the molecule is COc1cc(Cl)ccc1CNC(=O)C1CCN(C(=O)OC(C)(C)C)CC1. The van der Waals surface area contributed by atoms with Crippen LogP contribution in [0.25, 0.3) is 0 Å². The van der Waals surface area contributed by atoms with Crippen LogP contribution in [0.2, 0.25) is 5.02 Å². The van der Waals surface area contributed by atoms with Crippen LogP contribution in [-0.4, -0.2) is 42.7 Å². The van der Waals surface area contributed by atoms with Crippen LogP contribution in [0, 0.1) is 5.92 Å². The molecule has 0 aliphatic carbocycles. The number of benzene rings is 1. The summed E-state index contributed by atoms with van der Waals surface area (Å²) in [6, 6.07) is 5.33. The Hall–Kier alpha value is -1.95. The number of nitrogens with zero attached hydrogens (tertiary/aromatic N) is 1. The molecule has 1 N–H and O–H groups in total. The molecule has 26 heavy (non-hydrogen) atoms. The highest BCUT2D eigenvalue weighted by molar-refractivity contribution is 6.30. The van der Waals surface area contributed by atoms with Crippen molar-refractivity contribution in [2.45, 2.75) is 45.8 Å². The minimum atomic E-state index is -0.511. The number of halogens is 1.